The fourth-order valence-electron chi connectivity index (χ4n) is 3.74. The molecule has 0 heterocycles. The number of nitrogens with one attached hydrogen (secondary N) is 1. The van der Waals surface area contributed by atoms with Gasteiger partial charge in [0.25, 0.3) is 10.0 Å². The van der Waals surface area contributed by atoms with Crippen LogP contribution in [0.3, 0.4) is 0 Å². The largest absolute Gasteiger partial charge is 0.508 e. The van der Waals surface area contributed by atoms with Crippen LogP contribution in [0.15, 0.2) is 66.1 Å². The van der Waals surface area contributed by atoms with Crippen LogP contribution in [0.25, 0.3) is 0 Å². The van der Waals surface area contributed by atoms with Crippen LogP contribution < -0.4 is 9.46 Å². The van der Waals surface area contributed by atoms with E-state index in [1.165, 1.54) is 24.3 Å². The Hall–Kier alpha value is -2.80. The summed E-state index contributed by atoms with van der Waals surface area (Å²) < 4.78 is 34.0. The van der Waals surface area contributed by atoms with Crippen LogP contribution >= 0.6 is 0 Å². The Morgan fingerprint density at radius 1 is 1.24 bits per heavy atom. The topological polar surface area (TPSA) is 92.7 Å². The highest BCUT2D eigenvalue weighted by molar-refractivity contribution is 7.90. The summed E-state index contributed by atoms with van der Waals surface area (Å²) in [4.78, 5) is 12.9. The summed E-state index contributed by atoms with van der Waals surface area (Å²) in [5.41, 5.74) is -1.24. The molecule has 2 aromatic carbocycles. The number of ether oxygens (including phenoxy) is 1. The van der Waals surface area contributed by atoms with E-state index < -0.39 is 26.8 Å². The van der Waals surface area contributed by atoms with Crippen LogP contribution in [0, 0.1) is 16.7 Å². The van der Waals surface area contributed by atoms with Gasteiger partial charge >= 0.3 is 0 Å². The van der Waals surface area contributed by atoms with Crippen molar-refractivity contribution >= 4 is 15.9 Å². The number of hydrogen-bond acceptors (Lipinski definition) is 5. The average Bonchev–Trinajstić information content (AvgIpc) is 3.38. The maximum absolute atomic E-state index is 13.0. The van der Waals surface area contributed by atoms with E-state index >= 15 is 0 Å². The van der Waals surface area contributed by atoms with E-state index in [0.29, 0.717) is 6.42 Å². The zero-order valence-corrected chi connectivity index (χ0v) is 17.5. The number of aromatic hydroxyl groups is 1. The number of sulfonamides is 1. The van der Waals surface area contributed by atoms with Crippen molar-refractivity contribution in [3.63, 3.8) is 0 Å². The van der Waals surface area contributed by atoms with Gasteiger partial charge in [0, 0.05) is 6.07 Å². The van der Waals surface area contributed by atoms with Crippen LogP contribution in [0.1, 0.15) is 27.2 Å². The number of hydrogen-bond donors (Lipinski definition) is 2. The third-order valence-electron chi connectivity index (χ3n) is 5.45. The monoisotopic (exact) mass is 415 g/mol. The molecule has 6 nitrogen and oxygen atoms in total. The maximum atomic E-state index is 13.0. The third-order valence-corrected chi connectivity index (χ3v) is 6.82. The normalized spacial score (nSPS) is 21.3. The number of carbonyl (C=O) groups excluding carboxylic acids is 1. The van der Waals surface area contributed by atoms with Crippen LogP contribution in [-0.2, 0) is 14.8 Å². The summed E-state index contributed by atoms with van der Waals surface area (Å²) in [7, 11) is -4.18. The minimum atomic E-state index is -4.18. The fourth-order valence-corrected chi connectivity index (χ4v) is 4.90. The number of para-hydroxylation sites is 1. The predicted octanol–water partition coefficient (Wildman–Crippen LogP) is 4.23. The summed E-state index contributed by atoms with van der Waals surface area (Å²) in [6, 6.07) is 12.1. The summed E-state index contributed by atoms with van der Waals surface area (Å²) >= 11 is 0. The lowest BCUT2D eigenvalue weighted by Crippen LogP contribution is -2.43. The Labute approximate surface area is 171 Å². The third kappa shape index (κ3) is 3.87. The summed E-state index contributed by atoms with van der Waals surface area (Å²) in [6.45, 7) is 9.52. The molecule has 0 aromatic heterocycles. The highest BCUT2D eigenvalue weighted by Crippen LogP contribution is 2.64. The van der Waals surface area contributed by atoms with Crippen molar-refractivity contribution in [3.8, 4) is 17.2 Å². The van der Waals surface area contributed by atoms with E-state index in [1.54, 1.807) is 30.3 Å². The number of phenolic OH excluding ortho intramolecular Hbond substituents is 1. The molecule has 0 bridgehead atoms. The minimum absolute atomic E-state index is 0.00698. The van der Waals surface area contributed by atoms with E-state index in [9.17, 15) is 18.3 Å². The van der Waals surface area contributed by atoms with Crippen LogP contribution in [-0.4, -0.2) is 19.4 Å². The first-order valence-corrected chi connectivity index (χ1v) is 10.8. The Morgan fingerprint density at radius 2 is 1.93 bits per heavy atom. The second-order valence-corrected chi connectivity index (χ2v) is 9.90. The van der Waals surface area contributed by atoms with Gasteiger partial charge in [0.05, 0.1) is 5.41 Å². The van der Waals surface area contributed by atoms with Crippen molar-refractivity contribution in [1.29, 1.82) is 0 Å². The first-order chi connectivity index (χ1) is 13.5. The lowest BCUT2D eigenvalue weighted by molar-refractivity contribution is -0.128. The Bertz CT molecular complexity index is 1050. The molecule has 1 amide bonds. The molecule has 3 rings (SSSR count). The number of allylic oxidation sites excluding steroid dienone is 1. The molecule has 2 aromatic rings. The second-order valence-electron chi connectivity index (χ2n) is 8.25. The highest BCUT2D eigenvalue weighted by Gasteiger charge is 2.65. The van der Waals surface area contributed by atoms with Crippen molar-refractivity contribution in [3.05, 3.63) is 61.2 Å². The smallest absolute Gasteiger partial charge is 0.267 e. The number of phenols is 1. The van der Waals surface area contributed by atoms with Gasteiger partial charge in [0.2, 0.25) is 5.91 Å². The molecule has 0 aliphatic heterocycles. The quantitative estimate of drug-likeness (QED) is 0.689. The molecule has 0 unspecified atom stereocenters. The number of rotatable bonds is 6. The lowest BCUT2D eigenvalue weighted by Gasteiger charge is -2.30. The van der Waals surface area contributed by atoms with Gasteiger partial charge in [-0.1, -0.05) is 45.0 Å². The SMILES string of the molecule is C=C[C@@H]1C[C@@]1(C(=O)NS(=O)(=O)c1ccccc1Oc1cccc(O)c1)C(C)(C)C. The van der Waals surface area contributed by atoms with Gasteiger partial charge in [-0.05, 0) is 42.0 Å². The van der Waals surface area contributed by atoms with Gasteiger partial charge in [-0.25, -0.2) is 13.1 Å². The number of benzene rings is 2. The molecule has 1 aliphatic carbocycles. The van der Waals surface area contributed by atoms with Crippen LogP contribution in [0.4, 0.5) is 0 Å². The van der Waals surface area contributed by atoms with E-state index in [4.69, 9.17) is 4.74 Å². The molecule has 29 heavy (non-hydrogen) atoms. The number of carbonyl (C=O) groups is 1. The van der Waals surface area contributed by atoms with Gasteiger partial charge in [-0.3, -0.25) is 4.79 Å². The van der Waals surface area contributed by atoms with Crippen molar-refractivity contribution in [2.45, 2.75) is 32.1 Å². The van der Waals surface area contributed by atoms with Gasteiger partial charge in [-0.2, -0.15) is 0 Å². The molecule has 2 N–H and O–H groups in total. The molecule has 7 heteroatoms. The van der Waals surface area contributed by atoms with Crippen LogP contribution in [0.5, 0.6) is 17.2 Å². The minimum Gasteiger partial charge on any atom is -0.508 e. The fraction of sp³-hybridized carbons (Fsp3) is 0.318. The van der Waals surface area contributed by atoms with E-state index in [2.05, 4.69) is 11.3 Å². The lowest BCUT2D eigenvalue weighted by atomic mass is 9.75. The van der Waals surface area contributed by atoms with Crippen LogP contribution in [0.2, 0.25) is 0 Å². The molecule has 0 radical (unpaired) electrons. The Balaban J connectivity index is 1.91. The highest BCUT2D eigenvalue weighted by atomic mass is 32.2. The first kappa shape index (κ1) is 20.9. The zero-order chi connectivity index (χ0) is 21.4. The molecule has 0 saturated heterocycles. The second kappa shape index (κ2) is 7.22. The molecule has 2 atom stereocenters. The van der Waals surface area contributed by atoms with Crippen molar-refractivity contribution in [2.24, 2.45) is 16.7 Å². The molecule has 1 aliphatic rings. The van der Waals surface area contributed by atoms with Crippen molar-refractivity contribution in [1.82, 2.24) is 4.72 Å². The van der Waals surface area contributed by atoms with Gasteiger partial charge < -0.3 is 9.84 Å². The molecule has 0 spiro atoms. The summed E-state index contributed by atoms with van der Waals surface area (Å²) in [6.07, 6.45) is 2.26. The maximum Gasteiger partial charge on any atom is 0.267 e. The molecule has 1 saturated carbocycles. The van der Waals surface area contributed by atoms with Gasteiger partial charge in [0.1, 0.15) is 22.1 Å². The Kier molecular flexibility index (Phi) is 5.21. The summed E-state index contributed by atoms with van der Waals surface area (Å²) in [5.74, 6) is -0.288. The zero-order valence-electron chi connectivity index (χ0n) is 16.7. The number of amides is 1. The molecule has 1 fully saturated rings. The standard InChI is InChI=1S/C22H25NO5S/c1-5-15-14-22(15,21(2,3)4)20(25)23-29(26,27)19-12-7-6-11-18(19)28-17-10-8-9-16(24)13-17/h5-13,15,24H,1,14H2,2-4H3,(H,23,25)/t15-,22-/m1/s1. The Morgan fingerprint density at radius 3 is 2.52 bits per heavy atom. The predicted molar refractivity (Wildman–Crippen MR) is 110 cm³/mol. The van der Waals surface area contributed by atoms with Gasteiger partial charge in [0.15, 0.2) is 0 Å². The van der Waals surface area contributed by atoms with E-state index in [-0.39, 0.29) is 28.1 Å². The van der Waals surface area contributed by atoms with E-state index in [0.717, 1.165) is 0 Å². The summed E-state index contributed by atoms with van der Waals surface area (Å²) in [5, 5.41) is 9.60. The first-order valence-electron chi connectivity index (χ1n) is 9.27. The molecule has 154 valence electrons. The van der Waals surface area contributed by atoms with Crippen molar-refractivity contribution < 1.29 is 23.1 Å². The molecular formula is C22H25NO5S. The molecular weight excluding hydrogens is 390 g/mol. The van der Waals surface area contributed by atoms with Crippen molar-refractivity contribution in [2.75, 3.05) is 0 Å². The van der Waals surface area contributed by atoms with E-state index in [1.807, 2.05) is 20.8 Å². The van der Waals surface area contributed by atoms with Gasteiger partial charge in [-0.15, -0.1) is 6.58 Å². The average molecular weight is 416 g/mol.